The van der Waals surface area contributed by atoms with Gasteiger partial charge in [-0.1, -0.05) is 19.3 Å². The third kappa shape index (κ3) is 4.23. The van der Waals surface area contributed by atoms with Crippen LogP contribution in [0.2, 0.25) is 0 Å². The number of fused-ring (bicyclic) bond motifs is 1. The SMILES string of the molecule is COc1cc2ncnc(C3CCN(C(=O)NC4CCCCC4)CC3)c2cc1OC. The van der Waals surface area contributed by atoms with Crippen molar-refractivity contribution in [3.05, 3.63) is 24.2 Å². The van der Waals surface area contributed by atoms with Gasteiger partial charge in [0.2, 0.25) is 0 Å². The Bertz CT molecular complexity index is 859. The van der Waals surface area contributed by atoms with E-state index in [2.05, 4.69) is 15.3 Å². The second-order valence-electron chi connectivity index (χ2n) is 8.03. The van der Waals surface area contributed by atoms with Crippen LogP contribution in [0.5, 0.6) is 11.5 Å². The van der Waals surface area contributed by atoms with Gasteiger partial charge >= 0.3 is 6.03 Å². The maximum Gasteiger partial charge on any atom is 0.317 e. The van der Waals surface area contributed by atoms with E-state index in [4.69, 9.17) is 9.47 Å². The lowest BCUT2D eigenvalue weighted by Crippen LogP contribution is -2.48. The number of rotatable bonds is 4. The molecule has 2 aliphatic rings. The molecule has 1 aromatic carbocycles. The van der Waals surface area contributed by atoms with Crippen LogP contribution in [0.1, 0.15) is 56.6 Å². The van der Waals surface area contributed by atoms with Crippen molar-refractivity contribution < 1.29 is 14.3 Å². The molecule has 1 aromatic heterocycles. The average molecular weight is 399 g/mol. The van der Waals surface area contributed by atoms with Crippen LogP contribution in [-0.4, -0.2) is 54.2 Å². The number of methoxy groups -OCH3 is 2. The van der Waals surface area contributed by atoms with Crippen molar-refractivity contribution >= 4 is 16.9 Å². The number of amides is 2. The smallest absolute Gasteiger partial charge is 0.317 e. The quantitative estimate of drug-likeness (QED) is 0.846. The van der Waals surface area contributed by atoms with Gasteiger partial charge in [-0.2, -0.15) is 0 Å². The zero-order chi connectivity index (χ0) is 20.2. The number of aromatic nitrogens is 2. The topological polar surface area (TPSA) is 76.6 Å². The molecule has 7 heteroatoms. The minimum atomic E-state index is 0.0919. The summed E-state index contributed by atoms with van der Waals surface area (Å²) >= 11 is 0. The lowest BCUT2D eigenvalue weighted by atomic mass is 9.91. The third-order valence-corrected chi connectivity index (χ3v) is 6.27. The Kier molecular flexibility index (Phi) is 6.02. The first-order valence-electron chi connectivity index (χ1n) is 10.6. The van der Waals surface area contributed by atoms with E-state index in [9.17, 15) is 4.79 Å². The number of likely N-dealkylation sites (tertiary alicyclic amines) is 1. The summed E-state index contributed by atoms with van der Waals surface area (Å²) in [6.07, 6.45) is 9.38. The predicted octanol–water partition coefficient (Wildman–Crippen LogP) is 3.87. The highest BCUT2D eigenvalue weighted by Gasteiger charge is 2.27. The van der Waals surface area contributed by atoms with Gasteiger partial charge in [0, 0.05) is 36.5 Å². The highest BCUT2D eigenvalue weighted by molar-refractivity contribution is 5.85. The molecular weight excluding hydrogens is 368 g/mol. The summed E-state index contributed by atoms with van der Waals surface area (Å²) < 4.78 is 10.9. The van der Waals surface area contributed by atoms with Crippen molar-refractivity contribution in [3.8, 4) is 11.5 Å². The van der Waals surface area contributed by atoms with Gasteiger partial charge in [0.15, 0.2) is 11.5 Å². The number of hydrogen-bond donors (Lipinski definition) is 1. The van der Waals surface area contributed by atoms with E-state index in [0.29, 0.717) is 23.5 Å². The Morgan fingerprint density at radius 1 is 1.00 bits per heavy atom. The molecule has 1 N–H and O–H groups in total. The first-order chi connectivity index (χ1) is 14.2. The molecule has 2 heterocycles. The molecule has 4 rings (SSSR count). The summed E-state index contributed by atoms with van der Waals surface area (Å²) in [4.78, 5) is 23.6. The molecule has 1 aliphatic carbocycles. The molecule has 1 saturated heterocycles. The molecule has 29 heavy (non-hydrogen) atoms. The van der Waals surface area contributed by atoms with Crippen LogP contribution < -0.4 is 14.8 Å². The number of benzene rings is 1. The predicted molar refractivity (Wildman–Crippen MR) is 112 cm³/mol. The van der Waals surface area contributed by atoms with E-state index in [1.165, 1.54) is 19.3 Å². The molecule has 2 fully saturated rings. The zero-order valence-electron chi connectivity index (χ0n) is 17.3. The lowest BCUT2D eigenvalue weighted by Gasteiger charge is -2.34. The second-order valence-corrected chi connectivity index (χ2v) is 8.03. The van der Waals surface area contributed by atoms with Crippen molar-refractivity contribution in [2.45, 2.75) is 56.9 Å². The second kappa shape index (κ2) is 8.84. The van der Waals surface area contributed by atoms with E-state index in [-0.39, 0.29) is 6.03 Å². The van der Waals surface area contributed by atoms with Crippen LogP contribution in [0.25, 0.3) is 10.9 Å². The fourth-order valence-electron chi connectivity index (χ4n) is 4.60. The molecule has 0 atom stereocenters. The fourth-order valence-corrected chi connectivity index (χ4v) is 4.60. The maximum absolute atomic E-state index is 12.6. The van der Waals surface area contributed by atoms with Gasteiger partial charge in [-0.15, -0.1) is 0 Å². The zero-order valence-corrected chi connectivity index (χ0v) is 17.3. The minimum absolute atomic E-state index is 0.0919. The third-order valence-electron chi connectivity index (χ3n) is 6.27. The summed E-state index contributed by atoms with van der Waals surface area (Å²) in [5.41, 5.74) is 1.88. The van der Waals surface area contributed by atoms with E-state index < -0.39 is 0 Å². The molecule has 0 unspecified atom stereocenters. The fraction of sp³-hybridized carbons (Fsp3) is 0.591. The van der Waals surface area contributed by atoms with Crippen LogP contribution >= 0.6 is 0 Å². The first-order valence-corrected chi connectivity index (χ1v) is 10.6. The average Bonchev–Trinajstić information content (AvgIpc) is 2.78. The Morgan fingerprint density at radius 2 is 1.69 bits per heavy atom. The van der Waals surface area contributed by atoms with Crippen LogP contribution in [0, 0.1) is 0 Å². The molecular formula is C22H30N4O3. The Hall–Kier alpha value is -2.57. The van der Waals surface area contributed by atoms with E-state index in [1.54, 1.807) is 20.5 Å². The summed E-state index contributed by atoms with van der Waals surface area (Å²) in [5, 5.41) is 4.23. The van der Waals surface area contributed by atoms with Gasteiger partial charge in [-0.25, -0.2) is 14.8 Å². The van der Waals surface area contributed by atoms with Crippen molar-refractivity contribution in [1.29, 1.82) is 0 Å². The van der Waals surface area contributed by atoms with Crippen molar-refractivity contribution in [2.24, 2.45) is 0 Å². The number of carbonyl (C=O) groups is 1. The summed E-state index contributed by atoms with van der Waals surface area (Å²) in [5.74, 6) is 1.65. The Morgan fingerprint density at radius 3 is 2.38 bits per heavy atom. The van der Waals surface area contributed by atoms with Crippen LogP contribution in [0.4, 0.5) is 4.79 Å². The summed E-state index contributed by atoms with van der Waals surface area (Å²) in [7, 11) is 3.26. The van der Waals surface area contributed by atoms with Gasteiger partial charge < -0.3 is 19.7 Å². The van der Waals surface area contributed by atoms with Gasteiger partial charge in [0.05, 0.1) is 25.4 Å². The molecule has 0 spiro atoms. The van der Waals surface area contributed by atoms with Crippen molar-refractivity contribution in [2.75, 3.05) is 27.3 Å². The van der Waals surface area contributed by atoms with E-state index in [0.717, 1.165) is 55.4 Å². The van der Waals surface area contributed by atoms with Crippen LogP contribution in [0.3, 0.4) is 0 Å². The standard InChI is InChI=1S/C22H30N4O3/c1-28-19-12-17-18(13-20(19)29-2)23-14-24-21(17)15-8-10-26(11-9-15)22(27)25-16-6-4-3-5-7-16/h12-16H,3-11H2,1-2H3,(H,25,27). The number of hydrogen-bond acceptors (Lipinski definition) is 5. The molecule has 0 bridgehead atoms. The Balaban J connectivity index is 1.45. The lowest BCUT2D eigenvalue weighted by molar-refractivity contribution is 0.174. The molecule has 156 valence electrons. The number of piperidine rings is 1. The van der Waals surface area contributed by atoms with Gasteiger partial charge in [0.25, 0.3) is 0 Å². The largest absolute Gasteiger partial charge is 0.493 e. The highest BCUT2D eigenvalue weighted by atomic mass is 16.5. The van der Waals surface area contributed by atoms with Gasteiger partial charge in [-0.3, -0.25) is 0 Å². The number of ether oxygens (including phenoxy) is 2. The van der Waals surface area contributed by atoms with Gasteiger partial charge in [0.1, 0.15) is 6.33 Å². The van der Waals surface area contributed by atoms with E-state index in [1.807, 2.05) is 17.0 Å². The molecule has 2 aromatic rings. The summed E-state index contributed by atoms with van der Waals surface area (Å²) in [6.45, 7) is 1.50. The van der Waals surface area contributed by atoms with E-state index >= 15 is 0 Å². The maximum atomic E-state index is 12.6. The van der Waals surface area contributed by atoms with Crippen molar-refractivity contribution in [1.82, 2.24) is 20.2 Å². The molecule has 7 nitrogen and oxygen atoms in total. The minimum Gasteiger partial charge on any atom is -0.493 e. The highest BCUT2D eigenvalue weighted by Crippen LogP contribution is 2.36. The monoisotopic (exact) mass is 398 g/mol. The Labute approximate surface area is 171 Å². The van der Waals surface area contributed by atoms with Crippen LogP contribution in [-0.2, 0) is 0 Å². The van der Waals surface area contributed by atoms with Crippen LogP contribution in [0.15, 0.2) is 18.5 Å². The number of urea groups is 1. The normalized spacial score (nSPS) is 18.6. The summed E-state index contributed by atoms with van der Waals surface area (Å²) in [6, 6.07) is 4.30. The number of nitrogens with zero attached hydrogens (tertiary/aromatic N) is 3. The first kappa shape index (κ1) is 19.7. The molecule has 1 saturated carbocycles. The number of carbonyl (C=O) groups excluding carboxylic acids is 1. The molecule has 0 radical (unpaired) electrons. The molecule has 2 amide bonds. The number of nitrogens with one attached hydrogen (secondary N) is 1. The van der Waals surface area contributed by atoms with Crippen molar-refractivity contribution in [3.63, 3.8) is 0 Å². The van der Waals surface area contributed by atoms with Gasteiger partial charge in [-0.05, 0) is 31.7 Å². The molecule has 1 aliphatic heterocycles.